The summed E-state index contributed by atoms with van der Waals surface area (Å²) in [4.78, 5) is 18.8. The molecule has 10 nitrogen and oxygen atoms in total. The highest BCUT2D eigenvalue weighted by Crippen LogP contribution is 2.48. The molecule has 0 aliphatic carbocycles. The van der Waals surface area contributed by atoms with E-state index in [1.54, 1.807) is 5.06 Å². The lowest BCUT2D eigenvalue weighted by molar-refractivity contribution is -0.533. The minimum atomic E-state index is -1.13. The lowest BCUT2D eigenvalue weighted by atomic mass is 9.87. The molecule has 4 fully saturated rings. The van der Waals surface area contributed by atoms with Crippen molar-refractivity contribution in [3.05, 3.63) is 81.9 Å². The van der Waals surface area contributed by atoms with Gasteiger partial charge in [0.1, 0.15) is 30.5 Å². The van der Waals surface area contributed by atoms with E-state index in [2.05, 4.69) is 0 Å². The third-order valence-corrected chi connectivity index (χ3v) is 7.32. The Hall–Kier alpha value is -2.44. The summed E-state index contributed by atoms with van der Waals surface area (Å²) in [6, 6.07) is 17.1. The number of benzene rings is 2. The molecule has 198 valence electrons. The minimum absolute atomic E-state index is 0.269. The first-order valence-electron chi connectivity index (χ1n) is 12.6. The summed E-state index contributed by atoms with van der Waals surface area (Å²) in [6.07, 6.45) is -4.03. The van der Waals surface area contributed by atoms with E-state index >= 15 is 0 Å². The zero-order chi connectivity index (χ0) is 25.9. The van der Waals surface area contributed by atoms with E-state index in [1.165, 1.54) is 0 Å². The first kappa shape index (κ1) is 24.9. The summed E-state index contributed by atoms with van der Waals surface area (Å²) in [5.74, 6) is -1.82. The highest BCUT2D eigenvalue weighted by atomic mass is 16.9. The summed E-state index contributed by atoms with van der Waals surface area (Å²) in [5, 5.41) is 14.4. The van der Waals surface area contributed by atoms with Gasteiger partial charge in [0.25, 0.3) is 6.04 Å². The van der Waals surface area contributed by atoms with Gasteiger partial charge < -0.3 is 23.7 Å². The molecule has 0 bridgehead atoms. The van der Waals surface area contributed by atoms with Crippen LogP contribution in [-0.2, 0) is 35.1 Å². The van der Waals surface area contributed by atoms with Crippen LogP contribution in [0.15, 0.2) is 60.7 Å². The smallest absolute Gasteiger partial charge is 0.265 e. The average Bonchev–Trinajstić information content (AvgIpc) is 3.49. The molecule has 2 aromatic rings. The first-order chi connectivity index (χ1) is 17.6. The third kappa shape index (κ3) is 4.57. The second-order valence-electron chi connectivity index (χ2n) is 10.9. The Bertz CT molecular complexity index is 1130. The van der Waals surface area contributed by atoms with Crippen molar-refractivity contribution in [2.24, 2.45) is 0 Å². The van der Waals surface area contributed by atoms with E-state index in [4.69, 9.17) is 28.5 Å². The molecule has 8 atom stereocenters. The standard InChI is InChI=1S/C27H32N2O8/c1-26(2)33-22-21(32-25-24(23(22)34-26)35-27(3,4)36-25)18-19(29(30)31)20(17-13-9-6-10-14-17)37-28(18)15-16-11-7-5-8-12-16/h5-14,18-25H,15H2,1-4H3/t18?,19?,20?,21?,22-,23-,24+,25+/m0/s1. The first-order valence-corrected chi connectivity index (χ1v) is 12.6. The van der Waals surface area contributed by atoms with E-state index in [-0.39, 0.29) is 4.92 Å². The van der Waals surface area contributed by atoms with Gasteiger partial charge in [0.2, 0.25) is 0 Å². The zero-order valence-electron chi connectivity index (χ0n) is 21.3. The van der Waals surface area contributed by atoms with E-state index in [9.17, 15) is 10.1 Å². The van der Waals surface area contributed by atoms with Crippen molar-refractivity contribution in [2.75, 3.05) is 0 Å². The number of ether oxygens (including phenoxy) is 5. The molecule has 0 spiro atoms. The summed E-state index contributed by atoms with van der Waals surface area (Å²) in [5.41, 5.74) is 1.68. The molecule has 37 heavy (non-hydrogen) atoms. The van der Waals surface area contributed by atoms with Crippen molar-refractivity contribution < 1.29 is 33.4 Å². The number of hydrogen-bond acceptors (Lipinski definition) is 9. The van der Waals surface area contributed by atoms with Gasteiger partial charge in [0.05, 0.1) is 0 Å². The Morgan fingerprint density at radius 1 is 0.811 bits per heavy atom. The number of nitrogens with zero attached hydrogens (tertiary/aromatic N) is 2. The van der Waals surface area contributed by atoms with Crippen molar-refractivity contribution in [1.82, 2.24) is 5.06 Å². The lowest BCUT2D eigenvalue weighted by Crippen LogP contribution is -2.63. The van der Waals surface area contributed by atoms with Crippen LogP contribution in [0.4, 0.5) is 0 Å². The summed E-state index contributed by atoms with van der Waals surface area (Å²) in [6.45, 7) is 7.60. The van der Waals surface area contributed by atoms with Crippen LogP contribution in [0.3, 0.4) is 0 Å². The molecule has 0 saturated carbocycles. The van der Waals surface area contributed by atoms with E-state index in [0.29, 0.717) is 6.54 Å². The number of hydrogen-bond donors (Lipinski definition) is 0. The molecular formula is C27H32N2O8. The number of rotatable bonds is 5. The number of nitro groups is 1. The van der Waals surface area contributed by atoms with Crippen molar-refractivity contribution in [3.8, 4) is 0 Å². The summed E-state index contributed by atoms with van der Waals surface area (Å²) >= 11 is 0. The Balaban J connectivity index is 1.41. The van der Waals surface area contributed by atoms with Gasteiger partial charge in [0, 0.05) is 11.5 Å². The van der Waals surface area contributed by atoms with Crippen molar-refractivity contribution in [2.45, 2.75) is 94.7 Å². The number of fused-ring (bicyclic) bond motifs is 3. The van der Waals surface area contributed by atoms with Gasteiger partial charge in [-0.15, -0.1) is 0 Å². The maximum absolute atomic E-state index is 12.7. The fourth-order valence-electron chi connectivity index (χ4n) is 5.95. The quantitative estimate of drug-likeness (QED) is 0.439. The SMILES string of the molecule is CC1(C)O[C@H]2OC(C3C([N+](=O)[O-])C(c4ccccc4)ON3Cc3ccccc3)[C@@H]3OC(C)(C)O[C@@H]3[C@H]2O1. The molecule has 10 heteroatoms. The maximum Gasteiger partial charge on any atom is 0.265 e. The van der Waals surface area contributed by atoms with Crippen LogP contribution in [0.5, 0.6) is 0 Å². The fourth-order valence-corrected chi connectivity index (χ4v) is 5.95. The number of hydroxylamine groups is 2. The molecule has 0 radical (unpaired) electrons. The summed E-state index contributed by atoms with van der Waals surface area (Å²) < 4.78 is 31.3. The molecule has 4 heterocycles. The van der Waals surface area contributed by atoms with Gasteiger partial charge in [-0.2, -0.15) is 5.06 Å². The van der Waals surface area contributed by atoms with Crippen LogP contribution in [-0.4, -0.2) is 64.4 Å². The monoisotopic (exact) mass is 512 g/mol. The predicted molar refractivity (Wildman–Crippen MR) is 129 cm³/mol. The van der Waals surface area contributed by atoms with E-state index in [0.717, 1.165) is 11.1 Å². The fraction of sp³-hybridized carbons (Fsp3) is 0.556. The molecule has 4 aliphatic rings. The van der Waals surface area contributed by atoms with Gasteiger partial charge in [-0.05, 0) is 38.8 Å². The van der Waals surface area contributed by atoms with Crippen LogP contribution in [0.2, 0.25) is 0 Å². The van der Waals surface area contributed by atoms with Crippen LogP contribution >= 0.6 is 0 Å². The highest BCUT2D eigenvalue weighted by Gasteiger charge is 2.66. The lowest BCUT2D eigenvalue weighted by Gasteiger charge is -2.41. The molecule has 2 aromatic carbocycles. The molecular weight excluding hydrogens is 480 g/mol. The van der Waals surface area contributed by atoms with E-state index in [1.807, 2.05) is 88.4 Å². The highest BCUT2D eigenvalue weighted by molar-refractivity contribution is 5.22. The average molecular weight is 513 g/mol. The van der Waals surface area contributed by atoms with Gasteiger partial charge in [-0.1, -0.05) is 60.7 Å². The second-order valence-corrected chi connectivity index (χ2v) is 10.9. The van der Waals surface area contributed by atoms with Crippen molar-refractivity contribution >= 4 is 0 Å². The maximum atomic E-state index is 12.7. The molecule has 0 amide bonds. The largest absolute Gasteiger partial charge is 0.342 e. The zero-order valence-corrected chi connectivity index (χ0v) is 21.3. The Morgan fingerprint density at radius 2 is 1.38 bits per heavy atom. The van der Waals surface area contributed by atoms with Crippen LogP contribution < -0.4 is 0 Å². The Morgan fingerprint density at radius 3 is 2.03 bits per heavy atom. The topological polar surface area (TPSA) is 102 Å². The molecule has 4 unspecified atom stereocenters. The molecule has 6 rings (SSSR count). The van der Waals surface area contributed by atoms with Crippen LogP contribution in [0.25, 0.3) is 0 Å². The minimum Gasteiger partial charge on any atom is -0.342 e. The molecule has 0 aromatic heterocycles. The normalized spacial score (nSPS) is 38.3. The van der Waals surface area contributed by atoms with Gasteiger partial charge >= 0.3 is 0 Å². The third-order valence-electron chi connectivity index (χ3n) is 7.32. The van der Waals surface area contributed by atoms with E-state index < -0.39 is 60.5 Å². The molecule has 0 N–H and O–H groups in total. The van der Waals surface area contributed by atoms with Crippen LogP contribution in [0.1, 0.15) is 44.9 Å². The van der Waals surface area contributed by atoms with Gasteiger partial charge in [0.15, 0.2) is 24.0 Å². The van der Waals surface area contributed by atoms with Crippen molar-refractivity contribution in [3.63, 3.8) is 0 Å². The van der Waals surface area contributed by atoms with Crippen LogP contribution in [0, 0.1) is 10.1 Å². The van der Waals surface area contributed by atoms with Crippen molar-refractivity contribution in [1.29, 1.82) is 0 Å². The van der Waals surface area contributed by atoms with Gasteiger partial charge in [-0.25, -0.2) is 0 Å². The Labute approximate surface area is 215 Å². The Kier molecular flexibility index (Phi) is 6.11. The second kappa shape index (κ2) is 9.09. The van der Waals surface area contributed by atoms with Gasteiger partial charge in [-0.3, -0.25) is 15.0 Å². The molecule has 4 saturated heterocycles. The predicted octanol–water partition coefficient (Wildman–Crippen LogP) is 3.59. The summed E-state index contributed by atoms with van der Waals surface area (Å²) in [7, 11) is 0. The molecule has 4 aliphatic heterocycles.